The Morgan fingerprint density at radius 3 is 2.71 bits per heavy atom. The average molecular weight is 457 g/mol. The van der Waals surface area contributed by atoms with Gasteiger partial charge in [0.2, 0.25) is 0 Å². The van der Waals surface area contributed by atoms with Crippen LogP contribution in [0, 0.1) is 0 Å². The Labute approximate surface area is 178 Å². The molecule has 0 aromatic heterocycles. The maximum Gasteiger partial charge on any atom is 0.164 e. The van der Waals surface area contributed by atoms with Gasteiger partial charge in [-0.1, -0.05) is 53.2 Å². The Kier molecular flexibility index (Phi) is 5.53. The number of anilines is 1. The lowest BCUT2D eigenvalue weighted by atomic mass is 10.1. The van der Waals surface area contributed by atoms with Crippen LogP contribution in [0.25, 0.3) is 0 Å². The predicted octanol–water partition coefficient (Wildman–Crippen LogP) is 4.28. The van der Waals surface area contributed by atoms with E-state index in [4.69, 9.17) is 32.9 Å². The Morgan fingerprint density at radius 1 is 1.18 bits per heavy atom. The molecule has 0 N–H and O–H groups in total. The number of thioether (sulfide) groups is 1. The number of rotatable bonds is 4. The molecule has 0 aliphatic carbocycles. The fourth-order valence-electron chi connectivity index (χ4n) is 3.52. The van der Waals surface area contributed by atoms with Crippen LogP contribution in [0.2, 0.25) is 10.0 Å². The summed E-state index contributed by atoms with van der Waals surface area (Å²) in [6.45, 7) is 0. The molecule has 2 aliphatic rings. The van der Waals surface area contributed by atoms with Crippen LogP contribution in [0.4, 0.5) is 5.69 Å². The van der Waals surface area contributed by atoms with Crippen LogP contribution >= 0.6 is 35.0 Å². The Hall–Kier alpha value is -1.41. The summed E-state index contributed by atoms with van der Waals surface area (Å²) in [7, 11) is -1.49. The summed E-state index contributed by atoms with van der Waals surface area (Å²) in [6, 6.07) is 12.7. The van der Waals surface area contributed by atoms with E-state index in [0.29, 0.717) is 21.5 Å². The largest absolute Gasteiger partial charge is 0.495 e. The number of para-hydroxylation sites is 2. The monoisotopic (exact) mass is 456 g/mol. The molecule has 2 heterocycles. The highest BCUT2D eigenvalue weighted by atomic mass is 35.5. The SMILES string of the molecule is COc1ccccc1N1C(SCc2ccc(Cl)c(Cl)c2)=N[C@@H]2CS(=O)(=O)C[C@H]21. The number of hydrogen-bond donors (Lipinski definition) is 0. The molecule has 5 nitrogen and oxygen atoms in total. The molecule has 0 unspecified atom stereocenters. The van der Waals surface area contributed by atoms with Crippen molar-refractivity contribution in [2.45, 2.75) is 17.8 Å². The lowest BCUT2D eigenvalue weighted by Gasteiger charge is -2.27. The highest BCUT2D eigenvalue weighted by molar-refractivity contribution is 8.13. The van der Waals surface area contributed by atoms with E-state index in [2.05, 4.69) is 0 Å². The summed E-state index contributed by atoms with van der Waals surface area (Å²) in [5.41, 5.74) is 1.85. The second-order valence-corrected chi connectivity index (χ2v) is 10.6. The number of hydrogen-bond acceptors (Lipinski definition) is 6. The zero-order valence-corrected chi connectivity index (χ0v) is 18.2. The van der Waals surface area contributed by atoms with Gasteiger partial charge in [0.15, 0.2) is 15.0 Å². The molecule has 148 valence electrons. The molecule has 2 aliphatic heterocycles. The Balaban J connectivity index is 1.64. The van der Waals surface area contributed by atoms with Crippen LogP contribution in [0.1, 0.15) is 5.56 Å². The van der Waals surface area contributed by atoms with Crippen LogP contribution in [0.5, 0.6) is 5.75 Å². The minimum atomic E-state index is -3.10. The Morgan fingerprint density at radius 2 is 1.96 bits per heavy atom. The van der Waals surface area contributed by atoms with Gasteiger partial charge < -0.3 is 9.64 Å². The van der Waals surface area contributed by atoms with Gasteiger partial charge in [-0.2, -0.15) is 0 Å². The van der Waals surface area contributed by atoms with Crippen LogP contribution < -0.4 is 9.64 Å². The summed E-state index contributed by atoms with van der Waals surface area (Å²) >= 11 is 13.7. The molecule has 2 atom stereocenters. The molecule has 4 rings (SSSR count). The summed E-state index contributed by atoms with van der Waals surface area (Å²) < 4.78 is 29.9. The zero-order valence-electron chi connectivity index (χ0n) is 15.0. The Bertz CT molecular complexity index is 1040. The first-order valence-electron chi connectivity index (χ1n) is 8.65. The van der Waals surface area contributed by atoms with Crippen LogP contribution in [0.3, 0.4) is 0 Å². The molecule has 2 aromatic rings. The van der Waals surface area contributed by atoms with Gasteiger partial charge in [0, 0.05) is 5.75 Å². The molecule has 0 bridgehead atoms. The van der Waals surface area contributed by atoms with Gasteiger partial charge in [-0.15, -0.1) is 0 Å². The number of fused-ring (bicyclic) bond motifs is 1. The molecular formula is C19H18Cl2N2O3S2. The van der Waals surface area contributed by atoms with E-state index in [1.54, 1.807) is 24.9 Å². The van der Waals surface area contributed by atoms with E-state index < -0.39 is 9.84 Å². The van der Waals surface area contributed by atoms with Gasteiger partial charge in [-0.05, 0) is 29.8 Å². The number of nitrogens with zero attached hydrogens (tertiary/aromatic N) is 2. The van der Waals surface area contributed by atoms with Gasteiger partial charge in [0.25, 0.3) is 0 Å². The summed E-state index contributed by atoms with van der Waals surface area (Å²) in [4.78, 5) is 6.76. The number of sulfone groups is 1. The van der Waals surface area contributed by atoms with Gasteiger partial charge in [-0.25, -0.2) is 8.42 Å². The number of ether oxygens (including phenoxy) is 1. The first kappa shape index (κ1) is 19.9. The molecule has 0 saturated carbocycles. The minimum absolute atomic E-state index is 0.0835. The average Bonchev–Trinajstić information content (AvgIpc) is 3.13. The first-order chi connectivity index (χ1) is 13.4. The number of methoxy groups -OCH3 is 1. The van der Waals surface area contributed by atoms with Crippen LogP contribution in [-0.2, 0) is 15.6 Å². The van der Waals surface area contributed by atoms with E-state index in [1.165, 1.54) is 0 Å². The third-order valence-electron chi connectivity index (χ3n) is 4.80. The summed E-state index contributed by atoms with van der Waals surface area (Å²) in [5, 5.41) is 1.82. The van der Waals surface area contributed by atoms with Crippen molar-refractivity contribution >= 4 is 55.7 Å². The quantitative estimate of drug-likeness (QED) is 0.686. The highest BCUT2D eigenvalue weighted by Gasteiger charge is 2.47. The van der Waals surface area contributed by atoms with Gasteiger partial charge in [0.1, 0.15) is 5.75 Å². The normalized spacial score (nSPS) is 22.8. The molecule has 28 heavy (non-hydrogen) atoms. The zero-order chi connectivity index (χ0) is 19.9. The molecule has 1 fully saturated rings. The molecule has 0 spiro atoms. The fourth-order valence-corrected chi connectivity index (χ4v) is 6.74. The third-order valence-corrected chi connectivity index (χ3v) is 8.28. The molecule has 0 radical (unpaired) electrons. The van der Waals surface area contributed by atoms with E-state index in [9.17, 15) is 8.42 Å². The molecule has 2 aromatic carbocycles. The maximum atomic E-state index is 12.2. The van der Waals surface area contributed by atoms with Gasteiger partial charge >= 0.3 is 0 Å². The number of halogens is 2. The second-order valence-electron chi connectivity index (χ2n) is 6.70. The number of benzene rings is 2. The van der Waals surface area contributed by atoms with Gasteiger partial charge in [-0.3, -0.25) is 4.99 Å². The second kappa shape index (κ2) is 7.78. The van der Waals surface area contributed by atoms with Crippen molar-refractivity contribution in [3.63, 3.8) is 0 Å². The number of amidine groups is 1. The van der Waals surface area contributed by atoms with Crippen molar-refractivity contribution in [3.05, 3.63) is 58.1 Å². The first-order valence-corrected chi connectivity index (χ1v) is 12.2. The van der Waals surface area contributed by atoms with Gasteiger partial charge in [0.05, 0.1) is 46.4 Å². The van der Waals surface area contributed by atoms with Crippen molar-refractivity contribution < 1.29 is 13.2 Å². The van der Waals surface area contributed by atoms with E-state index >= 15 is 0 Å². The van der Waals surface area contributed by atoms with E-state index in [-0.39, 0.29) is 23.6 Å². The highest BCUT2D eigenvalue weighted by Crippen LogP contribution is 2.40. The third kappa shape index (κ3) is 3.85. The van der Waals surface area contributed by atoms with Crippen molar-refractivity contribution in [2.75, 3.05) is 23.5 Å². The van der Waals surface area contributed by atoms with Crippen LogP contribution in [0.15, 0.2) is 47.5 Å². The molecule has 9 heteroatoms. The lowest BCUT2D eigenvalue weighted by molar-refractivity contribution is 0.415. The van der Waals surface area contributed by atoms with E-state index in [1.807, 2.05) is 41.3 Å². The predicted molar refractivity (Wildman–Crippen MR) is 117 cm³/mol. The molecule has 1 saturated heterocycles. The van der Waals surface area contributed by atoms with Crippen molar-refractivity contribution in [1.82, 2.24) is 0 Å². The topological polar surface area (TPSA) is 59.0 Å². The number of aliphatic imine (C=N–C) groups is 1. The minimum Gasteiger partial charge on any atom is -0.495 e. The lowest BCUT2D eigenvalue weighted by Crippen LogP contribution is -2.39. The van der Waals surface area contributed by atoms with Crippen molar-refractivity contribution in [2.24, 2.45) is 4.99 Å². The van der Waals surface area contributed by atoms with E-state index in [0.717, 1.165) is 16.4 Å². The van der Waals surface area contributed by atoms with Crippen molar-refractivity contribution in [3.8, 4) is 5.75 Å². The standard InChI is InChI=1S/C19H18Cl2N2O3S2/c1-26-18-5-3-2-4-16(18)23-17-11-28(24,25)10-15(17)22-19(23)27-9-12-6-7-13(20)14(21)8-12/h2-8,15,17H,9-11H2,1H3/t15-,17-/m1/s1. The summed E-state index contributed by atoms with van der Waals surface area (Å²) in [6.07, 6.45) is 0. The fraction of sp³-hybridized carbons (Fsp3) is 0.316. The van der Waals surface area contributed by atoms with Crippen molar-refractivity contribution in [1.29, 1.82) is 0 Å². The molecule has 0 amide bonds. The molecular weight excluding hydrogens is 439 g/mol. The van der Waals surface area contributed by atoms with Crippen LogP contribution in [-0.4, -0.2) is 44.3 Å². The maximum absolute atomic E-state index is 12.2. The smallest absolute Gasteiger partial charge is 0.164 e. The summed E-state index contributed by atoms with van der Waals surface area (Å²) in [5.74, 6) is 1.51.